The Hall–Kier alpha value is -2.47. The van der Waals surface area contributed by atoms with Crippen molar-refractivity contribution in [1.29, 1.82) is 0 Å². The summed E-state index contributed by atoms with van der Waals surface area (Å²) >= 11 is 14.0. The van der Waals surface area contributed by atoms with Crippen molar-refractivity contribution in [3.63, 3.8) is 0 Å². The summed E-state index contributed by atoms with van der Waals surface area (Å²) in [5, 5.41) is 3.90. The molecule has 1 N–H and O–H groups in total. The summed E-state index contributed by atoms with van der Waals surface area (Å²) in [6, 6.07) is 22.5. The van der Waals surface area contributed by atoms with E-state index in [-0.39, 0.29) is 17.6 Å². The van der Waals surface area contributed by atoms with Gasteiger partial charge in [0.2, 0.25) is 11.8 Å². The van der Waals surface area contributed by atoms with Crippen LogP contribution >= 0.6 is 35.0 Å². The second-order valence-corrected chi connectivity index (χ2v) is 9.82. The number of carbonyl (C=O) groups excluding carboxylic acids is 2. The summed E-state index contributed by atoms with van der Waals surface area (Å²) in [6.07, 6.45) is 0.430. The van der Waals surface area contributed by atoms with Gasteiger partial charge in [0.05, 0.1) is 5.75 Å². The zero-order valence-corrected chi connectivity index (χ0v) is 21.6. The molecule has 2 amide bonds. The van der Waals surface area contributed by atoms with Crippen molar-refractivity contribution in [1.82, 2.24) is 10.2 Å². The van der Waals surface area contributed by atoms with E-state index in [4.69, 9.17) is 23.2 Å². The summed E-state index contributed by atoms with van der Waals surface area (Å²) in [7, 11) is 1.60. The van der Waals surface area contributed by atoms with Gasteiger partial charge in [-0.25, -0.2) is 0 Å². The molecular formula is C27H28Cl2N2O2S. The van der Waals surface area contributed by atoms with Gasteiger partial charge in [-0.1, -0.05) is 89.4 Å². The van der Waals surface area contributed by atoms with Gasteiger partial charge >= 0.3 is 0 Å². The number of carbonyl (C=O) groups is 2. The zero-order valence-electron chi connectivity index (χ0n) is 19.3. The summed E-state index contributed by atoms with van der Waals surface area (Å²) in [4.78, 5) is 28.1. The lowest BCUT2D eigenvalue weighted by Crippen LogP contribution is -2.50. The smallest absolute Gasteiger partial charge is 0.242 e. The van der Waals surface area contributed by atoms with E-state index < -0.39 is 6.04 Å². The molecule has 0 heterocycles. The van der Waals surface area contributed by atoms with Gasteiger partial charge in [-0.3, -0.25) is 9.59 Å². The first-order valence-electron chi connectivity index (χ1n) is 11.0. The maximum Gasteiger partial charge on any atom is 0.242 e. The fourth-order valence-corrected chi connectivity index (χ4v) is 5.37. The molecular weight excluding hydrogens is 487 g/mol. The number of likely N-dealkylation sites (N-methyl/N-ethyl adjacent to an activating group) is 1. The van der Waals surface area contributed by atoms with E-state index in [2.05, 4.69) is 5.32 Å². The number of amides is 2. The predicted molar refractivity (Wildman–Crippen MR) is 142 cm³/mol. The molecule has 0 fully saturated rings. The van der Waals surface area contributed by atoms with Crippen molar-refractivity contribution in [3.8, 4) is 0 Å². The number of benzene rings is 3. The van der Waals surface area contributed by atoms with Gasteiger partial charge in [-0.05, 0) is 35.7 Å². The predicted octanol–water partition coefficient (Wildman–Crippen LogP) is 5.92. The van der Waals surface area contributed by atoms with Crippen LogP contribution < -0.4 is 5.32 Å². The molecule has 0 aliphatic carbocycles. The molecule has 0 aromatic heterocycles. The fraction of sp³-hybridized carbons (Fsp3) is 0.259. The number of nitrogens with zero attached hydrogens (tertiary/aromatic N) is 1. The Bertz CT molecular complexity index is 1100. The Morgan fingerprint density at radius 3 is 2.24 bits per heavy atom. The molecule has 0 aliphatic rings. The minimum absolute atomic E-state index is 0.112. The number of hydrogen-bond acceptors (Lipinski definition) is 3. The Kier molecular flexibility index (Phi) is 9.87. The van der Waals surface area contributed by atoms with Crippen LogP contribution in [0, 0.1) is 6.92 Å². The van der Waals surface area contributed by atoms with E-state index in [0.717, 1.165) is 22.3 Å². The number of rotatable bonds is 10. The zero-order chi connectivity index (χ0) is 24.5. The van der Waals surface area contributed by atoms with Crippen LogP contribution in [0.25, 0.3) is 0 Å². The van der Waals surface area contributed by atoms with Gasteiger partial charge in [0.15, 0.2) is 0 Å². The molecule has 0 saturated carbocycles. The summed E-state index contributed by atoms with van der Waals surface area (Å²) in [5.41, 5.74) is 3.89. The number of aryl methyl sites for hydroxylation is 1. The quantitative estimate of drug-likeness (QED) is 0.365. The van der Waals surface area contributed by atoms with E-state index in [0.29, 0.717) is 28.8 Å². The van der Waals surface area contributed by atoms with Crippen LogP contribution in [0.15, 0.2) is 72.8 Å². The Balaban J connectivity index is 1.83. The largest absolute Gasteiger partial charge is 0.357 e. The Morgan fingerprint density at radius 1 is 0.941 bits per heavy atom. The van der Waals surface area contributed by atoms with Crippen LogP contribution in [0.5, 0.6) is 0 Å². The first-order valence-corrected chi connectivity index (χ1v) is 12.9. The first-order chi connectivity index (χ1) is 16.4. The maximum absolute atomic E-state index is 13.5. The van der Waals surface area contributed by atoms with Gasteiger partial charge in [0.25, 0.3) is 0 Å². The van der Waals surface area contributed by atoms with Gasteiger partial charge in [-0.2, -0.15) is 0 Å². The third kappa shape index (κ3) is 7.26. The molecule has 3 rings (SSSR count). The molecule has 178 valence electrons. The standard InChI is InChI=1S/C27H28Cl2N2O2S/c1-19-8-6-11-21(14-19)16-31(25(27(33)30-2)15-20-9-4-3-5-10-20)26(32)18-34-17-22-23(28)12-7-13-24(22)29/h3-14,25H,15-18H2,1-2H3,(H,30,33)/t25-/m1/s1. The molecule has 0 unspecified atom stereocenters. The molecule has 3 aromatic carbocycles. The number of thioether (sulfide) groups is 1. The van der Waals surface area contributed by atoms with E-state index in [1.54, 1.807) is 30.1 Å². The summed E-state index contributed by atoms with van der Waals surface area (Å²) in [6.45, 7) is 2.36. The highest BCUT2D eigenvalue weighted by Gasteiger charge is 2.29. The van der Waals surface area contributed by atoms with Gasteiger partial charge in [0, 0.05) is 35.8 Å². The molecule has 0 bridgehead atoms. The third-order valence-electron chi connectivity index (χ3n) is 5.49. The lowest BCUT2D eigenvalue weighted by Gasteiger charge is -2.31. The van der Waals surface area contributed by atoms with Crippen molar-refractivity contribution in [2.24, 2.45) is 0 Å². The van der Waals surface area contributed by atoms with Crippen LogP contribution in [0.3, 0.4) is 0 Å². The highest BCUT2D eigenvalue weighted by atomic mass is 35.5. The molecule has 7 heteroatoms. The average Bonchev–Trinajstić information content (AvgIpc) is 2.83. The summed E-state index contributed by atoms with van der Waals surface area (Å²) in [5.74, 6) is 0.407. The second kappa shape index (κ2) is 12.8. The molecule has 0 saturated heterocycles. The molecule has 0 aliphatic heterocycles. The molecule has 4 nitrogen and oxygen atoms in total. The third-order valence-corrected chi connectivity index (χ3v) is 7.14. The minimum Gasteiger partial charge on any atom is -0.357 e. The lowest BCUT2D eigenvalue weighted by molar-refractivity contribution is -0.139. The van der Waals surface area contributed by atoms with Crippen LogP contribution in [0.4, 0.5) is 0 Å². The number of hydrogen-bond donors (Lipinski definition) is 1. The van der Waals surface area contributed by atoms with Gasteiger partial charge < -0.3 is 10.2 Å². The normalized spacial score (nSPS) is 11.6. The number of halogens is 2. The van der Waals surface area contributed by atoms with E-state index in [1.807, 2.05) is 61.5 Å². The van der Waals surface area contributed by atoms with Crippen molar-refractivity contribution in [2.75, 3.05) is 12.8 Å². The van der Waals surface area contributed by atoms with Gasteiger partial charge in [-0.15, -0.1) is 11.8 Å². The van der Waals surface area contributed by atoms with Crippen LogP contribution in [-0.2, 0) is 28.3 Å². The lowest BCUT2D eigenvalue weighted by atomic mass is 10.0. The fourth-order valence-electron chi connectivity index (χ4n) is 3.72. The van der Waals surface area contributed by atoms with E-state index >= 15 is 0 Å². The SMILES string of the molecule is CNC(=O)[C@@H](Cc1ccccc1)N(Cc1cccc(C)c1)C(=O)CSCc1c(Cl)cccc1Cl. The molecule has 1 atom stereocenters. The van der Waals surface area contributed by atoms with Gasteiger partial charge in [0.1, 0.15) is 6.04 Å². The van der Waals surface area contributed by atoms with Crippen LogP contribution in [0.1, 0.15) is 22.3 Å². The molecule has 34 heavy (non-hydrogen) atoms. The Labute approximate surface area is 215 Å². The average molecular weight is 516 g/mol. The number of nitrogens with one attached hydrogen (secondary N) is 1. The summed E-state index contributed by atoms with van der Waals surface area (Å²) < 4.78 is 0. The second-order valence-electron chi connectivity index (χ2n) is 8.02. The van der Waals surface area contributed by atoms with Crippen LogP contribution in [0.2, 0.25) is 10.0 Å². The Morgan fingerprint density at radius 2 is 1.59 bits per heavy atom. The highest BCUT2D eigenvalue weighted by Crippen LogP contribution is 2.28. The molecule has 0 radical (unpaired) electrons. The van der Waals surface area contributed by atoms with E-state index in [9.17, 15) is 9.59 Å². The van der Waals surface area contributed by atoms with Crippen molar-refractivity contribution in [2.45, 2.75) is 31.7 Å². The highest BCUT2D eigenvalue weighted by molar-refractivity contribution is 7.99. The monoisotopic (exact) mass is 514 g/mol. The minimum atomic E-state index is -0.634. The van der Waals surface area contributed by atoms with Crippen molar-refractivity contribution in [3.05, 3.63) is 105 Å². The van der Waals surface area contributed by atoms with Crippen molar-refractivity contribution < 1.29 is 9.59 Å². The van der Waals surface area contributed by atoms with E-state index in [1.165, 1.54) is 11.8 Å². The molecule has 3 aromatic rings. The van der Waals surface area contributed by atoms with Crippen LogP contribution in [-0.4, -0.2) is 35.6 Å². The topological polar surface area (TPSA) is 49.4 Å². The molecule has 0 spiro atoms. The first kappa shape index (κ1) is 26.1. The van der Waals surface area contributed by atoms with Crippen molar-refractivity contribution >= 4 is 46.8 Å². The maximum atomic E-state index is 13.5.